The maximum absolute atomic E-state index is 10.1. The van der Waals surface area contributed by atoms with E-state index >= 15 is 0 Å². The summed E-state index contributed by atoms with van der Waals surface area (Å²) in [4.78, 5) is 16.4. The van der Waals surface area contributed by atoms with Gasteiger partial charge in [0.05, 0.1) is 6.61 Å². The first-order valence-corrected chi connectivity index (χ1v) is 4.10. The molecule has 0 aromatic heterocycles. The van der Waals surface area contributed by atoms with Gasteiger partial charge in [-0.2, -0.15) is 0 Å². The normalized spacial score (nSPS) is 18.5. The molecule has 0 fully saturated rings. The van der Waals surface area contributed by atoms with Gasteiger partial charge in [-0.1, -0.05) is 0 Å². The van der Waals surface area contributed by atoms with Crippen LogP contribution in [0.1, 0.15) is 0 Å². The van der Waals surface area contributed by atoms with Crippen LogP contribution in [0.4, 0.5) is 0 Å². The van der Waals surface area contributed by atoms with Gasteiger partial charge in [0.25, 0.3) is 0 Å². The summed E-state index contributed by atoms with van der Waals surface area (Å²) >= 11 is 0. The highest BCUT2D eigenvalue weighted by Gasteiger charge is 2.32. The van der Waals surface area contributed by atoms with Crippen LogP contribution in [0.15, 0.2) is 0 Å². The molecule has 0 saturated carbocycles. The quantitative estimate of drug-likeness (QED) is 0.309. The molecule has 5 N–H and O–H groups in total. The average molecular weight is 172 g/mol. The summed E-state index contributed by atoms with van der Waals surface area (Å²) in [5.41, 5.74) is 0. The van der Waals surface area contributed by atoms with E-state index < -0.39 is 26.2 Å². The number of aliphatic hydroxyl groups is 3. The van der Waals surface area contributed by atoms with Crippen molar-refractivity contribution < 1.29 is 29.7 Å². The lowest BCUT2D eigenvalue weighted by molar-refractivity contribution is 0.0132. The zero-order valence-corrected chi connectivity index (χ0v) is 5.85. The van der Waals surface area contributed by atoms with Crippen LogP contribution in [0.25, 0.3) is 0 Å². The Bertz CT molecular complexity index is 140. The van der Waals surface area contributed by atoms with Crippen molar-refractivity contribution in [2.75, 3.05) is 6.61 Å². The largest absolute Gasteiger partial charge is 0.394 e. The fraction of sp³-hybridized carbons (Fsp3) is 1.00. The minimum Gasteiger partial charge on any atom is -0.394 e. The van der Waals surface area contributed by atoms with E-state index in [4.69, 9.17) is 25.1 Å². The van der Waals surface area contributed by atoms with E-state index in [9.17, 15) is 4.57 Å². The summed E-state index contributed by atoms with van der Waals surface area (Å²) < 4.78 is 10.1. The molecule has 0 unspecified atom stereocenters. The Morgan fingerprint density at radius 1 is 1.30 bits per heavy atom. The number of rotatable bonds is 3. The first-order chi connectivity index (χ1) is 4.39. The highest BCUT2D eigenvalue weighted by atomic mass is 31.2. The highest BCUT2D eigenvalue weighted by molar-refractivity contribution is 7.52. The van der Waals surface area contributed by atoms with Crippen molar-refractivity contribution in [3.63, 3.8) is 0 Å². The van der Waals surface area contributed by atoms with E-state index in [2.05, 4.69) is 0 Å². The minimum atomic E-state index is -4.68. The minimum absolute atomic E-state index is 0.883. The molecular weight excluding hydrogens is 163 g/mol. The molecule has 0 aliphatic carbocycles. The fourth-order valence-corrected chi connectivity index (χ4v) is 0.861. The summed E-state index contributed by atoms with van der Waals surface area (Å²) in [7, 11) is -4.68. The van der Waals surface area contributed by atoms with Gasteiger partial charge in [0.15, 0.2) is 5.85 Å². The Morgan fingerprint density at radius 2 is 1.70 bits per heavy atom. The van der Waals surface area contributed by atoms with Crippen molar-refractivity contribution in [2.24, 2.45) is 0 Å². The van der Waals surface area contributed by atoms with Gasteiger partial charge < -0.3 is 25.1 Å². The van der Waals surface area contributed by atoms with Gasteiger partial charge in [-0.05, 0) is 0 Å². The van der Waals surface area contributed by atoms with Crippen molar-refractivity contribution in [3.05, 3.63) is 0 Å². The Kier molecular flexibility index (Phi) is 3.44. The third-order valence-corrected chi connectivity index (χ3v) is 1.91. The predicted molar refractivity (Wildman–Crippen MR) is 31.1 cm³/mol. The monoisotopic (exact) mass is 172 g/mol. The third-order valence-electron chi connectivity index (χ3n) is 0.876. The predicted octanol–water partition coefficient (Wildman–Crippen LogP) is -2.16. The van der Waals surface area contributed by atoms with Gasteiger partial charge in [-0.3, -0.25) is 4.57 Å². The Morgan fingerprint density at radius 3 is 1.80 bits per heavy atom. The molecule has 10 heavy (non-hydrogen) atoms. The van der Waals surface area contributed by atoms with Gasteiger partial charge in [-0.25, -0.2) is 0 Å². The first-order valence-electron chi connectivity index (χ1n) is 2.41. The van der Waals surface area contributed by atoms with Crippen LogP contribution in [0.2, 0.25) is 0 Å². The van der Waals surface area contributed by atoms with E-state index in [1.165, 1.54) is 0 Å². The fourth-order valence-electron chi connectivity index (χ4n) is 0.318. The summed E-state index contributed by atoms with van der Waals surface area (Å²) in [6.07, 6.45) is -1.79. The smallest absolute Gasteiger partial charge is 0.356 e. The zero-order chi connectivity index (χ0) is 8.36. The molecule has 0 radical (unpaired) electrons. The number of hydrogen-bond acceptors (Lipinski definition) is 4. The maximum atomic E-state index is 10.1. The third kappa shape index (κ3) is 2.74. The molecule has 0 saturated heterocycles. The zero-order valence-electron chi connectivity index (χ0n) is 4.95. The summed E-state index contributed by atoms with van der Waals surface area (Å²) in [6.45, 7) is -0.883. The number of hydrogen-bond donors (Lipinski definition) is 5. The SMILES string of the molecule is O=P(O)(O)[C@H](O)[C@H](O)CO. The van der Waals surface area contributed by atoms with Gasteiger partial charge in [0.1, 0.15) is 6.10 Å². The van der Waals surface area contributed by atoms with Crippen LogP contribution in [-0.2, 0) is 4.57 Å². The van der Waals surface area contributed by atoms with Gasteiger partial charge in [0.2, 0.25) is 0 Å². The molecule has 6 nitrogen and oxygen atoms in total. The molecule has 0 aromatic carbocycles. The van der Waals surface area contributed by atoms with Crippen molar-refractivity contribution in [3.8, 4) is 0 Å². The molecule has 0 amide bonds. The summed E-state index contributed by atoms with van der Waals surface area (Å²) in [5.74, 6) is -2.20. The molecule has 0 aliphatic rings. The van der Waals surface area contributed by atoms with Crippen LogP contribution < -0.4 is 0 Å². The second-order valence-electron chi connectivity index (χ2n) is 1.75. The molecule has 0 aliphatic heterocycles. The van der Waals surface area contributed by atoms with Gasteiger partial charge in [0, 0.05) is 0 Å². The molecule has 7 heteroatoms. The molecule has 62 valence electrons. The lowest BCUT2D eigenvalue weighted by Crippen LogP contribution is -2.28. The summed E-state index contributed by atoms with van der Waals surface area (Å²) in [6, 6.07) is 0. The highest BCUT2D eigenvalue weighted by Crippen LogP contribution is 2.40. The van der Waals surface area contributed by atoms with Crippen molar-refractivity contribution in [1.82, 2.24) is 0 Å². The second-order valence-corrected chi connectivity index (χ2v) is 3.46. The van der Waals surface area contributed by atoms with Crippen LogP contribution in [0, 0.1) is 0 Å². The molecule has 2 atom stereocenters. The Hall–Kier alpha value is 0.0300. The molecule has 0 bridgehead atoms. The van der Waals surface area contributed by atoms with Crippen molar-refractivity contribution >= 4 is 7.60 Å². The van der Waals surface area contributed by atoms with Crippen LogP contribution in [0.5, 0.6) is 0 Å². The molecule has 0 rings (SSSR count). The van der Waals surface area contributed by atoms with Gasteiger partial charge >= 0.3 is 7.60 Å². The van der Waals surface area contributed by atoms with E-state index in [0.29, 0.717) is 0 Å². The number of aliphatic hydroxyl groups excluding tert-OH is 3. The molecular formula is C3H9O6P. The average Bonchev–Trinajstić information content (AvgIpc) is 1.83. The lowest BCUT2D eigenvalue weighted by Gasteiger charge is -2.15. The van der Waals surface area contributed by atoms with E-state index in [-0.39, 0.29) is 0 Å². The molecule has 0 heterocycles. The van der Waals surface area contributed by atoms with Crippen LogP contribution >= 0.6 is 7.60 Å². The van der Waals surface area contributed by atoms with E-state index in [1.54, 1.807) is 0 Å². The lowest BCUT2D eigenvalue weighted by atomic mass is 10.4. The molecule has 0 aromatic rings. The summed E-state index contributed by atoms with van der Waals surface area (Å²) in [5, 5.41) is 25.1. The van der Waals surface area contributed by atoms with Crippen molar-refractivity contribution in [1.29, 1.82) is 0 Å². The Labute approximate surface area is 56.9 Å². The standard InChI is InChI=1S/C3H9O6P/c4-1-2(5)3(6)10(7,8)9/h2-6H,1H2,(H2,7,8,9)/t2-,3+/m1/s1. The van der Waals surface area contributed by atoms with Gasteiger partial charge in [-0.15, -0.1) is 0 Å². The molecule has 0 spiro atoms. The van der Waals surface area contributed by atoms with Crippen LogP contribution in [0.3, 0.4) is 0 Å². The Balaban J connectivity index is 4.08. The van der Waals surface area contributed by atoms with Crippen molar-refractivity contribution in [2.45, 2.75) is 11.9 Å². The van der Waals surface area contributed by atoms with E-state index in [0.717, 1.165) is 0 Å². The first kappa shape index (κ1) is 10.0. The topological polar surface area (TPSA) is 118 Å². The van der Waals surface area contributed by atoms with E-state index in [1.807, 2.05) is 0 Å². The maximum Gasteiger partial charge on any atom is 0.356 e. The second kappa shape index (κ2) is 3.43. The van der Waals surface area contributed by atoms with Crippen LogP contribution in [-0.4, -0.2) is 43.7 Å².